The number of hydrogen-bond acceptors (Lipinski definition) is 6. The van der Waals surface area contributed by atoms with Gasteiger partial charge < -0.3 is 26.0 Å². The Labute approximate surface area is 206 Å². The fraction of sp³-hybridized carbons (Fsp3) is 0.727. The molecule has 0 radical (unpaired) electrons. The van der Waals surface area contributed by atoms with Crippen LogP contribution in [0.3, 0.4) is 0 Å². The minimum atomic E-state index is -3.44. The molecule has 2 aliphatic rings. The lowest BCUT2D eigenvalue weighted by Gasteiger charge is -2.34. The van der Waals surface area contributed by atoms with E-state index < -0.39 is 56.9 Å². The lowest BCUT2D eigenvalue weighted by molar-refractivity contribution is -0.145. The van der Waals surface area contributed by atoms with Crippen molar-refractivity contribution in [1.29, 1.82) is 0 Å². The Kier molecular flexibility index (Phi) is 8.59. The van der Waals surface area contributed by atoms with Crippen molar-refractivity contribution >= 4 is 33.8 Å². The topological polar surface area (TPSA) is 165 Å². The van der Waals surface area contributed by atoms with Crippen molar-refractivity contribution in [3.05, 3.63) is 12.7 Å². The summed E-state index contributed by atoms with van der Waals surface area (Å²) >= 11 is 0. The molecule has 0 bridgehead atoms. The largest absolute Gasteiger partial charge is 0.479 e. The minimum absolute atomic E-state index is 0.0507. The van der Waals surface area contributed by atoms with Gasteiger partial charge in [0.2, 0.25) is 21.8 Å². The first-order chi connectivity index (χ1) is 16.0. The van der Waals surface area contributed by atoms with Crippen LogP contribution >= 0.6 is 0 Å². The van der Waals surface area contributed by atoms with E-state index in [9.17, 15) is 32.7 Å². The maximum Gasteiger partial charge on any atom is 0.330 e. The Hall–Kier alpha value is -2.67. The van der Waals surface area contributed by atoms with Gasteiger partial charge in [-0.15, -0.1) is 6.58 Å². The van der Waals surface area contributed by atoms with Gasteiger partial charge in [0.15, 0.2) is 0 Å². The number of aliphatic carboxylic acids is 1. The summed E-state index contributed by atoms with van der Waals surface area (Å²) in [6, 6.07) is -2.00. The molecular weight excluding hydrogens is 478 g/mol. The molecule has 2 rings (SSSR count). The van der Waals surface area contributed by atoms with Crippen molar-refractivity contribution in [1.82, 2.24) is 25.2 Å². The van der Waals surface area contributed by atoms with Gasteiger partial charge in [0.1, 0.15) is 11.6 Å². The number of carboxylic acids is 1. The Morgan fingerprint density at radius 2 is 1.91 bits per heavy atom. The number of hydrogen-bond donors (Lipinski definition) is 4. The van der Waals surface area contributed by atoms with Gasteiger partial charge >= 0.3 is 12.0 Å². The molecule has 1 saturated heterocycles. The molecule has 0 aromatic heterocycles. The van der Waals surface area contributed by atoms with Crippen molar-refractivity contribution in [2.45, 2.75) is 57.7 Å². The molecule has 12 nitrogen and oxygen atoms in total. The average Bonchev–Trinajstić information content (AvgIpc) is 3.22. The third kappa shape index (κ3) is 6.94. The van der Waals surface area contributed by atoms with Crippen LogP contribution in [0.2, 0.25) is 0 Å². The average molecular weight is 516 g/mol. The predicted octanol–water partition coefficient (Wildman–Crippen LogP) is -0.272. The highest BCUT2D eigenvalue weighted by Crippen LogP contribution is 2.44. The zero-order chi connectivity index (χ0) is 26.8. The number of carbonyl (C=O) groups is 4. The summed E-state index contributed by atoms with van der Waals surface area (Å²) in [6.45, 7) is 9.16. The summed E-state index contributed by atoms with van der Waals surface area (Å²) in [4.78, 5) is 51.1. The number of nitrogens with zero attached hydrogens (tertiary/aromatic N) is 2. The summed E-state index contributed by atoms with van der Waals surface area (Å²) in [7, 11) is -2.02. The van der Waals surface area contributed by atoms with Crippen LogP contribution in [0.5, 0.6) is 0 Å². The normalized spacial score (nSPS) is 25.0. The van der Waals surface area contributed by atoms with Gasteiger partial charge in [-0.25, -0.2) is 22.3 Å². The maximum absolute atomic E-state index is 12.8. The molecular formula is C22H37N5O7S. The summed E-state index contributed by atoms with van der Waals surface area (Å²) < 4.78 is 24.7. The van der Waals surface area contributed by atoms with Crippen molar-refractivity contribution in [2.75, 3.05) is 32.9 Å². The predicted molar refractivity (Wildman–Crippen MR) is 129 cm³/mol. The SMILES string of the molecule is C=CC1C[C@]1(NC(=O)[C@@H]1CCCN1C(=O)CNC(=O)NC(CN(C)S(C)(=O)=O)C(C)(C)C)C(=O)O. The number of carbonyl (C=O) groups excluding carboxylic acids is 3. The molecule has 13 heteroatoms. The van der Waals surface area contributed by atoms with Gasteiger partial charge in [0.25, 0.3) is 0 Å². The Balaban J connectivity index is 1.95. The standard InChI is InChI=1S/C22H37N5O7S/c1-7-14-11-22(14,19(30)31)25-18(29)15-9-8-10-27(15)17(28)12-23-20(32)24-16(21(2,3)4)13-26(5)35(6,33)34/h7,14-16H,1,8-13H2,2-6H3,(H,25,29)(H,30,31)(H2,23,24,32)/t14?,15-,16?,22+/m0/s1. The molecule has 1 aliphatic carbocycles. The third-order valence-electron chi connectivity index (χ3n) is 6.66. The van der Waals surface area contributed by atoms with Crippen molar-refractivity contribution in [3.63, 3.8) is 0 Å². The van der Waals surface area contributed by atoms with E-state index in [0.29, 0.717) is 19.4 Å². The molecule has 0 spiro atoms. The summed E-state index contributed by atoms with van der Waals surface area (Å²) in [6.07, 6.45) is 3.79. The molecule has 35 heavy (non-hydrogen) atoms. The molecule has 4 amide bonds. The summed E-state index contributed by atoms with van der Waals surface area (Å²) in [5.74, 6) is -2.51. The lowest BCUT2D eigenvalue weighted by Crippen LogP contribution is -2.56. The van der Waals surface area contributed by atoms with Crippen LogP contribution in [0.1, 0.15) is 40.0 Å². The second-order valence-electron chi connectivity index (χ2n) is 10.3. The number of nitrogens with one attached hydrogen (secondary N) is 3. The van der Waals surface area contributed by atoms with Crippen LogP contribution in [0.15, 0.2) is 12.7 Å². The Bertz CT molecular complexity index is 977. The number of amides is 4. The third-order valence-corrected chi connectivity index (χ3v) is 7.94. The summed E-state index contributed by atoms with van der Waals surface area (Å²) in [5, 5.41) is 17.3. The number of urea groups is 1. The van der Waals surface area contributed by atoms with Gasteiger partial charge in [0.05, 0.1) is 12.8 Å². The maximum atomic E-state index is 12.8. The monoisotopic (exact) mass is 515 g/mol. The second-order valence-corrected chi connectivity index (χ2v) is 12.4. The van der Waals surface area contributed by atoms with Crippen LogP contribution in [-0.2, 0) is 24.4 Å². The molecule has 2 fully saturated rings. The molecule has 2 unspecified atom stereocenters. The Morgan fingerprint density at radius 1 is 1.29 bits per heavy atom. The van der Waals surface area contributed by atoms with Gasteiger partial charge in [-0.1, -0.05) is 26.8 Å². The molecule has 4 N–H and O–H groups in total. The fourth-order valence-corrected chi connectivity index (χ4v) is 4.47. The molecule has 0 aromatic carbocycles. The highest BCUT2D eigenvalue weighted by molar-refractivity contribution is 7.88. The number of sulfonamides is 1. The van der Waals surface area contributed by atoms with E-state index in [1.54, 1.807) is 0 Å². The van der Waals surface area contributed by atoms with Crippen LogP contribution in [0.25, 0.3) is 0 Å². The van der Waals surface area contributed by atoms with Gasteiger partial charge in [-0.3, -0.25) is 9.59 Å². The van der Waals surface area contributed by atoms with Gasteiger partial charge in [-0.05, 0) is 24.7 Å². The molecule has 1 saturated carbocycles. The molecule has 1 heterocycles. The van der Waals surface area contributed by atoms with Crippen molar-refractivity contribution < 1.29 is 32.7 Å². The van der Waals surface area contributed by atoms with E-state index in [4.69, 9.17) is 0 Å². The van der Waals surface area contributed by atoms with E-state index in [1.165, 1.54) is 18.0 Å². The first kappa shape index (κ1) is 28.6. The first-order valence-corrected chi connectivity index (χ1v) is 13.3. The van der Waals surface area contributed by atoms with Crippen molar-refractivity contribution in [2.24, 2.45) is 11.3 Å². The van der Waals surface area contributed by atoms with Crippen LogP contribution in [-0.4, -0.2) is 97.1 Å². The number of likely N-dealkylation sites (N-methyl/N-ethyl adjacent to an activating group) is 1. The van der Waals surface area contributed by atoms with E-state index in [1.807, 2.05) is 20.8 Å². The smallest absolute Gasteiger partial charge is 0.330 e. The van der Waals surface area contributed by atoms with E-state index in [-0.39, 0.29) is 25.4 Å². The first-order valence-electron chi connectivity index (χ1n) is 11.5. The van der Waals surface area contributed by atoms with E-state index >= 15 is 0 Å². The van der Waals surface area contributed by atoms with Crippen LogP contribution in [0.4, 0.5) is 4.79 Å². The van der Waals surface area contributed by atoms with E-state index in [0.717, 1.165) is 10.6 Å². The molecule has 198 valence electrons. The quantitative estimate of drug-likeness (QED) is 0.291. The molecule has 1 aliphatic heterocycles. The number of likely N-dealkylation sites (tertiary alicyclic amines) is 1. The van der Waals surface area contributed by atoms with Crippen LogP contribution in [0, 0.1) is 11.3 Å². The zero-order valence-corrected chi connectivity index (χ0v) is 21.8. The van der Waals surface area contributed by atoms with E-state index in [2.05, 4.69) is 22.5 Å². The second kappa shape index (κ2) is 10.5. The minimum Gasteiger partial charge on any atom is -0.479 e. The molecule has 0 aromatic rings. The number of rotatable bonds is 10. The molecule has 4 atom stereocenters. The Morgan fingerprint density at radius 3 is 2.40 bits per heavy atom. The number of carboxylic acid groups (broad SMARTS) is 1. The van der Waals surface area contributed by atoms with Crippen LogP contribution < -0.4 is 16.0 Å². The fourth-order valence-electron chi connectivity index (χ4n) is 4.05. The highest BCUT2D eigenvalue weighted by Gasteiger charge is 2.61. The van der Waals surface area contributed by atoms with Gasteiger partial charge in [-0.2, -0.15) is 0 Å². The summed E-state index contributed by atoms with van der Waals surface area (Å²) in [5.41, 5.74) is -1.85. The van der Waals surface area contributed by atoms with Gasteiger partial charge in [0, 0.05) is 32.1 Å². The lowest BCUT2D eigenvalue weighted by atomic mass is 9.87. The highest BCUT2D eigenvalue weighted by atomic mass is 32.2. The van der Waals surface area contributed by atoms with Crippen molar-refractivity contribution in [3.8, 4) is 0 Å². The zero-order valence-electron chi connectivity index (χ0n) is 21.0.